The van der Waals surface area contributed by atoms with Gasteiger partial charge >= 0.3 is 6.18 Å². The number of rotatable bonds is 3. The minimum absolute atomic E-state index is 0.116. The summed E-state index contributed by atoms with van der Waals surface area (Å²) >= 11 is 0. The molecule has 1 aromatic carbocycles. The minimum atomic E-state index is -4.40. The monoisotopic (exact) mass is 300 g/mol. The van der Waals surface area contributed by atoms with E-state index in [2.05, 4.69) is 10.6 Å². The molecule has 0 aromatic heterocycles. The standard InChI is InChI=1S/C15H19F3N2O/c1-10-5-6-11(15(16,17)18)8-13(10)20-14(21)9-12-4-2-3-7-19-12/h5-6,8,12,19H,2-4,7,9H2,1H3,(H,20,21). The number of halogens is 3. The Hall–Kier alpha value is -1.56. The van der Waals surface area contributed by atoms with E-state index in [0.29, 0.717) is 5.56 Å². The van der Waals surface area contributed by atoms with Crippen LogP contribution in [0.25, 0.3) is 0 Å². The van der Waals surface area contributed by atoms with Crippen LogP contribution < -0.4 is 10.6 Å². The van der Waals surface area contributed by atoms with Crippen LogP contribution in [0.1, 0.15) is 36.8 Å². The fraction of sp³-hybridized carbons (Fsp3) is 0.533. The van der Waals surface area contributed by atoms with Crippen molar-refractivity contribution in [1.82, 2.24) is 5.32 Å². The Bertz CT molecular complexity index is 508. The number of benzene rings is 1. The Balaban J connectivity index is 2.02. The zero-order chi connectivity index (χ0) is 15.5. The number of carbonyl (C=O) groups excluding carboxylic acids is 1. The third kappa shape index (κ3) is 4.46. The van der Waals surface area contributed by atoms with Crippen LogP contribution in [0.15, 0.2) is 18.2 Å². The van der Waals surface area contributed by atoms with Crippen LogP contribution in [-0.2, 0) is 11.0 Å². The van der Waals surface area contributed by atoms with Gasteiger partial charge in [0.2, 0.25) is 5.91 Å². The van der Waals surface area contributed by atoms with Gasteiger partial charge in [0.25, 0.3) is 0 Å². The number of anilines is 1. The highest BCUT2D eigenvalue weighted by molar-refractivity contribution is 5.92. The summed E-state index contributed by atoms with van der Waals surface area (Å²) in [6, 6.07) is 3.50. The van der Waals surface area contributed by atoms with Gasteiger partial charge in [-0.3, -0.25) is 4.79 Å². The van der Waals surface area contributed by atoms with E-state index in [1.807, 2.05) is 0 Å². The first-order valence-corrected chi connectivity index (χ1v) is 7.07. The molecule has 116 valence electrons. The van der Waals surface area contributed by atoms with Crippen LogP contribution in [-0.4, -0.2) is 18.5 Å². The van der Waals surface area contributed by atoms with Crippen LogP contribution >= 0.6 is 0 Å². The quantitative estimate of drug-likeness (QED) is 0.897. The molecule has 1 saturated heterocycles. The summed E-state index contributed by atoms with van der Waals surface area (Å²) < 4.78 is 38.1. The molecule has 0 radical (unpaired) electrons. The van der Waals surface area contributed by atoms with Crippen molar-refractivity contribution in [3.63, 3.8) is 0 Å². The van der Waals surface area contributed by atoms with Crippen LogP contribution in [0.5, 0.6) is 0 Å². The number of nitrogens with one attached hydrogen (secondary N) is 2. The third-order valence-corrected chi connectivity index (χ3v) is 3.68. The topological polar surface area (TPSA) is 41.1 Å². The van der Waals surface area contributed by atoms with Crippen molar-refractivity contribution >= 4 is 11.6 Å². The summed E-state index contributed by atoms with van der Waals surface area (Å²) in [7, 11) is 0. The van der Waals surface area contributed by atoms with Gasteiger partial charge in [-0.25, -0.2) is 0 Å². The van der Waals surface area contributed by atoms with Gasteiger partial charge in [-0.1, -0.05) is 12.5 Å². The normalized spacial score (nSPS) is 19.3. The number of alkyl halides is 3. The molecule has 2 N–H and O–H groups in total. The second-order valence-electron chi connectivity index (χ2n) is 5.43. The molecule has 1 aliphatic heterocycles. The van der Waals surface area contributed by atoms with Crippen LogP contribution in [0.3, 0.4) is 0 Å². The Morgan fingerprint density at radius 3 is 2.76 bits per heavy atom. The maximum Gasteiger partial charge on any atom is 0.416 e. The van der Waals surface area contributed by atoms with Crippen molar-refractivity contribution < 1.29 is 18.0 Å². The van der Waals surface area contributed by atoms with Crippen molar-refractivity contribution in [2.75, 3.05) is 11.9 Å². The molecule has 1 aliphatic rings. The number of aryl methyl sites for hydroxylation is 1. The maximum absolute atomic E-state index is 12.7. The van der Waals surface area contributed by atoms with E-state index in [1.54, 1.807) is 6.92 Å². The van der Waals surface area contributed by atoms with E-state index >= 15 is 0 Å². The summed E-state index contributed by atoms with van der Waals surface area (Å²) in [5.74, 6) is -0.253. The summed E-state index contributed by atoms with van der Waals surface area (Å²) in [5.41, 5.74) is 0.0952. The SMILES string of the molecule is Cc1ccc(C(F)(F)F)cc1NC(=O)CC1CCCCN1. The molecule has 1 aromatic rings. The highest BCUT2D eigenvalue weighted by atomic mass is 19.4. The highest BCUT2D eigenvalue weighted by Crippen LogP contribution is 2.32. The van der Waals surface area contributed by atoms with Crippen LogP contribution in [0.2, 0.25) is 0 Å². The lowest BCUT2D eigenvalue weighted by Crippen LogP contribution is -2.37. The van der Waals surface area contributed by atoms with Crippen molar-refractivity contribution in [2.45, 2.75) is 44.8 Å². The van der Waals surface area contributed by atoms with E-state index in [9.17, 15) is 18.0 Å². The van der Waals surface area contributed by atoms with Gasteiger partial charge in [-0.15, -0.1) is 0 Å². The Morgan fingerprint density at radius 2 is 2.14 bits per heavy atom. The molecule has 21 heavy (non-hydrogen) atoms. The van der Waals surface area contributed by atoms with Gasteiger partial charge in [0.15, 0.2) is 0 Å². The van der Waals surface area contributed by atoms with E-state index in [1.165, 1.54) is 6.07 Å². The third-order valence-electron chi connectivity index (χ3n) is 3.68. The second-order valence-corrected chi connectivity index (χ2v) is 5.43. The molecular formula is C15H19F3N2O. The Labute approximate surface area is 121 Å². The van der Waals surface area contributed by atoms with E-state index < -0.39 is 11.7 Å². The van der Waals surface area contributed by atoms with E-state index in [4.69, 9.17) is 0 Å². The van der Waals surface area contributed by atoms with E-state index in [-0.39, 0.29) is 24.1 Å². The van der Waals surface area contributed by atoms with Gasteiger partial charge in [0.05, 0.1) is 5.56 Å². The molecule has 0 aliphatic carbocycles. The predicted molar refractivity (Wildman–Crippen MR) is 75.1 cm³/mol. The molecule has 0 spiro atoms. The molecule has 1 fully saturated rings. The summed E-state index contributed by atoms with van der Waals surface area (Å²) in [6.45, 7) is 2.56. The molecule has 1 heterocycles. The first kappa shape index (κ1) is 15.8. The largest absolute Gasteiger partial charge is 0.416 e. The summed E-state index contributed by atoms with van der Waals surface area (Å²) in [5, 5.41) is 5.84. The average Bonchev–Trinajstić information content (AvgIpc) is 2.41. The van der Waals surface area contributed by atoms with Gasteiger partial charge in [0.1, 0.15) is 0 Å². The summed E-state index contributed by atoms with van der Waals surface area (Å²) in [6.07, 6.45) is -1.01. The average molecular weight is 300 g/mol. The van der Waals surface area contributed by atoms with Crippen molar-refractivity contribution in [3.8, 4) is 0 Å². The van der Waals surface area contributed by atoms with Gasteiger partial charge in [-0.05, 0) is 44.0 Å². The second kappa shape index (κ2) is 6.47. The molecule has 3 nitrogen and oxygen atoms in total. The lowest BCUT2D eigenvalue weighted by Gasteiger charge is -2.23. The van der Waals surface area contributed by atoms with Crippen molar-refractivity contribution in [3.05, 3.63) is 29.3 Å². The van der Waals surface area contributed by atoms with Crippen molar-refractivity contribution in [2.24, 2.45) is 0 Å². The zero-order valence-electron chi connectivity index (χ0n) is 11.9. The minimum Gasteiger partial charge on any atom is -0.326 e. The molecular weight excluding hydrogens is 281 g/mol. The molecule has 1 atom stereocenters. The van der Waals surface area contributed by atoms with E-state index in [0.717, 1.165) is 37.9 Å². The molecule has 0 saturated carbocycles. The number of amides is 1. The molecule has 6 heteroatoms. The van der Waals surface area contributed by atoms with Gasteiger partial charge in [0, 0.05) is 18.2 Å². The fourth-order valence-electron chi connectivity index (χ4n) is 2.46. The Morgan fingerprint density at radius 1 is 1.38 bits per heavy atom. The molecule has 0 bridgehead atoms. The number of hydrogen-bond donors (Lipinski definition) is 2. The smallest absolute Gasteiger partial charge is 0.326 e. The zero-order valence-corrected chi connectivity index (χ0v) is 11.9. The van der Waals surface area contributed by atoms with Crippen molar-refractivity contribution in [1.29, 1.82) is 0 Å². The molecule has 1 unspecified atom stereocenters. The summed E-state index contributed by atoms with van der Waals surface area (Å²) in [4.78, 5) is 12.0. The Kier molecular flexibility index (Phi) is 4.88. The fourth-order valence-corrected chi connectivity index (χ4v) is 2.46. The maximum atomic E-state index is 12.7. The van der Waals surface area contributed by atoms with Gasteiger partial charge < -0.3 is 10.6 Å². The van der Waals surface area contributed by atoms with Crippen LogP contribution in [0.4, 0.5) is 18.9 Å². The molecule has 1 amide bonds. The van der Waals surface area contributed by atoms with Crippen LogP contribution in [0, 0.1) is 6.92 Å². The molecule has 2 rings (SSSR count). The lowest BCUT2D eigenvalue weighted by atomic mass is 10.0. The number of carbonyl (C=O) groups is 1. The highest BCUT2D eigenvalue weighted by Gasteiger charge is 2.31. The first-order chi connectivity index (χ1) is 9.86. The number of hydrogen-bond acceptors (Lipinski definition) is 2. The number of piperidine rings is 1. The van der Waals surface area contributed by atoms with Gasteiger partial charge in [-0.2, -0.15) is 13.2 Å². The first-order valence-electron chi connectivity index (χ1n) is 7.07. The predicted octanol–water partition coefficient (Wildman–Crippen LogP) is 3.48. The lowest BCUT2D eigenvalue weighted by molar-refractivity contribution is -0.137.